The van der Waals surface area contributed by atoms with Crippen molar-refractivity contribution in [2.75, 3.05) is 13.2 Å². The van der Waals surface area contributed by atoms with E-state index in [0.717, 1.165) is 5.56 Å². The molecule has 3 aromatic rings. The van der Waals surface area contributed by atoms with Gasteiger partial charge in [0.05, 0.1) is 12.2 Å². The largest absolute Gasteiger partial charge is 0.460 e. The fourth-order valence-corrected chi connectivity index (χ4v) is 2.83. The van der Waals surface area contributed by atoms with Crippen molar-refractivity contribution in [1.82, 2.24) is 9.55 Å². The standard InChI is InChI=1S/C22H22N2O5/c1-16(28-12-13-29-21(26)18-10-6-3-7-11-18)24-15-19(20(25)23-22(24)27)14-17-8-4-2-5-9-17/h2-11,15-16H,12-14H2,1H3,(H,23,25,27). The number of rotatable bonds is 8. The quantitative estimate of drug-likeness (QED) is 0.468. The van der Waals surface area contributed by atoms with E-state index in [1.807, 2.05) is 36.4 Å². The van der Waals surface area contributed by atoms with Gasteiger partial charge in [0.15, 0.2) is 0 Å². The van der Waals surface area contributed by atoms with Crippen LogP contribution in [0.4, 0.5) is 0 Å². The van der Waals surface area contributed by atoms with Gasteiger partial charge in [-0.25, -0.2) is 9.59 Å². The molecule has 3 rings (SSSR count). The number of esters is 1. The third-order valence-electron chi connectivity index (χ3n) is 4.36. The first-order valence-corrected chi connectivity index (χ1v) is 9.26. The molecule has 1 aromatic heterocycles. The summed E-state index contributed by atoms with van der Waals surface area (Å²) in [5.41, 5.74) is 0.911. The molecule has 0 fully saturated rings. The first-order valence-electron chi connectivity index (χ1n) is 9.26. The second kappa shape index (κ2) is 9.66. The Balaban J connectivity index is 1.59. The SMILES string of the molecule is CC(OCCOC(=O)c1ccccc1)n1cc(Cc2ccccc2)c(=O)[nH]c1=O. The molecular weight excluding hydrogens is 372 g/mol. The van der Waals surface area contributed by atoms with Crippen molar-refractivity contribution >= 4 is 5.97 Å². The number of H-pyrrole nitrogens is 1. The lowest BCUT2D eigenvalue weighted by molar-refractivity contribution is -0.0165. The smallest absolute Gasteiger partial charge is 0.338 e. The summed E-state index contributed by atoms with van der Waals surface area (Å²) in [4.78, 5) is 38.5. The predicted molar refractivity (Wildman–Crippen MR) is 108 cm³/mol. The Labute approximate surface area is 167 Å². The van der Waals surface area contributed by atoms with Gasteiger partial charge in [-0.2, -0.15) is 0 Å². The minimum atomic E-state index is -0.635. The zero-order chi connectivity index (χ0) is 20.6. The Hall–Kier alpha value is -3.45. The van der Waals surface area contributed by atoms with Crippen molar-refractivity contribution < 1.29 is 14.3 Å². The Kier molecular flexibility index (Phi) is 6.76. The molecule has 0 amide bonds. The summed E-state index contributed by atoms with van der Waals surface area (Å²) in [5, 5.41) is 0. The van der Waals surface area contributed by atoms with E-state index in [0.29, 0.717) is 17.5 Å². The molecule has 0 aliphatic heterocycles. The topological polar surface area (TPSA) is 90.4 Å². The molecule has 0 saturated heterocycles. The molecule has 1 heterocycles. The summed E-state index contributed by atoms with van der Waals surface area (Å²) >= 11 is 0. The van der Waals surface area contributed by atoms with E-state index in [1.165, 1.54) is 10.8 Å². The third-order valence-corrected chi connectivity index (χ3v) is 4.36. The van der Waals surface area contributed by atoms with Crippen LogP contribution in [0.1, 0.15) is 34.6 Å². The van der Waals surface area contributed by atoms with E-state index < -0.39 is 23.4 Å². The van der Waals surface area contributed by atoms with Crippen molar-refractivity contribution in [3.05, 3.63) is 104 Å². The number of nitrogens with one attached hydrogen (secondary N) is 1. The summed E-state index contributed by atoms with van der Waals surface area (Å²) in [7, 11) is 0. The number of ether oxygens (including phenoxy) is 2. The Bertz CT molecular complexity index is 1060. The molecule has 0 aliphatic rings. The lowest BCUT2D eigenvalue weighted by Crippen LogP contribution is -2.34. The van der Waals surface area contributed by atoms with Crippen molar-refractivity contribution in [3.8, 4) is 0 Å². The van der Waals surface area contributed by atoms with Crippen molar-refractivity contribution in [2.24, 2.45) is 0 Å². The van der Waals surface area contributed by atoms with Gasteiger partial charge < -0.3 is 9.47 Å². The number of nitrogens with zero attached hydrogens (tertiary/aromatic N) is 1. The second-order valence-corrected chi connectivity index (χ2v) is 6.46. The van der Waals surface area contributed by atoms with E-state index in [2.05, 4.69) is 4.98 Å². The Morgan fingerprint density at radius 2 is 1.66 bits per heavy atom. The summed E-state index contributed by atoms with van der Waals surface area (Å²) in [6, 6.07) is 18.2. The van der Waals surface area contributed by atoms with Crippen molar-refractivity contribution in [1.29, 1.82) is 0 Å². The van der Waals surface area contributed by atoms with E-state index >= 15 is 0 Å². The monoisotopic (exact) mass is 394 g/mol. The molecule has 2 aromatic carbocycles. The highest BCUT2D eigenvalue weighted by Crippen LogP contribution is 2.08. The normalized spacial score (nSPS) is 11.8. The van der Waals surface area contributed by atoms with Gasteiger partial charge in [0, 0.05) is 18.2 Å². The molecule has 1 unspecified atom stereocenters. The molecular formula is C22H22N2O5. The molecule has 0 bridgehead atoms. The van der Waals surface area contributed by atoms with Gasteiger partial charge in [-0.05, 0) is 24.6 Å². The second-order valence-electron chi connectivity index (χ2n) is 6.46. The summed E-state index contributed by atoms with van der Waals surface area (Å²) in [6.45, 7) is 1.84. The van der Waals surface area contributed by atoms with Crippen LogP contribution in [-0.4, -0.2) is 28.7 Å². The van der Waals surface area contributed by atoms with Gasteiger partial charge >= 0.3 is 11.7 Å². The molecule has 1 N–H and O–H groups in total. The van der Waals surface area contributed by atoms with Gasteiger partial charge in [-0.15, -0.1) is 0 Å². The molecule has 0 aliphatic carbocycles. The maximum absolute atomic E-state index is 12.2. The van der Waals surface area contributed by atoms with Crippen LogP contribution in [0.25, 0.3) is 0 Å². The first kappa shape index (κ1) is 20.3. The Morgan fingerprint density at radius 3 is 2.34 bits per heavy atom. The maximum atomic E-state index is 12.2. The number of aromatic amines is 1. The fraction of sp³-hybridized carbons (Fsp3) is 0.227. The minimum Gasteiger partial charge on any atom is -0.460 e. The lowest BCUT2D eigenvalue weighted by Gasteiger charge is -2.16. The van der Waals surface area contributed by atoms with Crippen LogP contribution in [0, 0.1) is 0 Å². The van der Waals surface area contributed by atoms with E-state index in [9.17, 15) is 14.4 Å². The summed E-state index contributed by atoms with van der Waals surface area (Å²) < 4.78 is 12.1. The predicted octanol–water partition coefficient (Wildman–Crippen LogP) is 2.52. The minimum absolute atomic E-state index is 0.0487. The van der Waals surface area contributed by atoms with Gasteiger partial charge in [0.1, 0.15) is 12.8 Å². The van der Waals surface area contributed by atoms with Crippen LogP contribution in [-0.2, 0) is 15.9 Å². The van der Waals surface area contributed by atoms with Gasteiger partial charge in [-0.3, -0.25) is 14.3 Å². The van der Waals surface area contributed by atoms with Crippen LogP contribution in [0.5, 0.6) is 0 Å². The molecule has 150 valence electrons. The molecule has 7 heteroatoms. The number of aromatic nitrogens is 2. The summed E-state index contributed by atoms with van der Waals surface area (Å²) in [6.07, 6.45) is 1.27. The zero-order valence-electron chi connectivity index (χ0n) is 16.0. The molecule has 0 radical (unpaired) electrons. The summed E-state index contributed by atoms with van der Waals surface area (Å²) in [5.74, 6) is -0.437. The zero-order valence-corrected chi connectivity index (χ0v) is 16.0. The van der Waals surface area contributed by atoms with E-state index in [-0.39, 0.29) is 13.2 Å². The number of carbonyl (C=O) groups excluding carboxylic acids is 1. The molecule has 0 saturated carbocycles. The third kappa shape index (κ3) is 5.52. The Morgan fingerprint density at radius 1 is 1.00 bits per heavy atom. The highest BCUT2D eigenvalue weighted by atomic mass is 16.6. The lowest BCUT2D eigenvalue weighted by atomic mass is 10.1. The van der Waals surface area contributed by atoms with Crippen molar-refractivity contribution in [3.63, 3.8) is 0 Å². The number of hydrogen-bond acceptors (Lipinski definition) is 5. The fourth-order valence-electron chi connectivity index (χ4n) is 2.83. The van der Waals surface area contributed by atoms with Crippen LogP contribution in [0.2, 0.25) is 0 Å². The van der Waals surface area contributed by atoms with Crippen LogP contribution in [0.15, 0.2) is 76.4 Å². The highest BCUT2D eigenvalue weighted by Gasteiger charge is 2.12. The van der Waals surface area contributed by atoms with Crippen LogP contribution >= 0.6 is 0 Å². The van der Waals surface area contributed by atoms with Gasteiger partial charge in [0.25, 0.3) is 5.56 Å². The number of benzene rings is 2. The van der Waals surface area contributed by atoms with Gasteiger partial charge in [0.2, 0.25) is 0 Å². The first-order chi connectivity index (χ1) is 14.0. The van der Waals surface area contributed by atoms with E-state index in [1.54, 1.807) is 31.2 Å². The molecule has 1 atom stereocenters. The molecule has 7 nitrogen and oxygen atoms in total. The van der Waals surface area contributed by atoms with Crippen LogP contribution in [0.3, 0.4) is 0 Å². The average molecular weight is 394 g/mol. The van der Waals surface area contributed by atoms with E-state index in [4.69, 9.17) is 9.47 Å². The average Bonchev–Trinajstić information content (AvgIpc) is 2.74. The number of carbonyl (C=O) groups is 1. The van der Waals surface area contributed by atoms with Crippen molar-refractivity contribution in [2.45, 2.75) is 19.6 Å². The maximum Gasteiger partial charge on any atom is 0.338 e. The van der Waals surface area contributed by atoms with Crippen LogP contribution < -0.4 is 11.2 Å². The highest BCUT2D eigenvalue weighted by molar-refractivity contribution is 5.89. The molecule has 29 heavy (non-hydrogen) atoms. The number of hydrogen-bond donors (Lipinski definition) is 1. The van der Waals surface area contributed by atoms with Gasteiger partial charge in [-0.1, -0.05) is 48.5 Å². The molecule has 0 spiro atoms.